The van der Waals surface area contributed by atoms with E-state index >= 15 is 0 Å². The zero-order valence-electron chi connectivity index (χ0n) is 8.80. The van der Waals surface area contributed by atoms with Gasteiger partial charge in [-0.15, -0.1) is 0 Å². The van der Waals surface area contributed by atoms with Gasteiger partial charge in [0, 0.05) is 10.9 Å². The van der Waals surface area contributed by atoms with Crippen molar-refractivity contribution in [1.29, 1.82) is 0 Å². The van der Waals surface area contributed by atoms with Gasteiger partial charge in [-0.05, 0) is 30.5 Å². The molecule has 0 aliphatic rings. The maximum Gasteiger partial charge on any atom is 0.303 e. The summed E-state index contributed by atoms with van der Waals surface area (Å²) >= 11 is 3.19. The molecule has 3 nitrogen and oxygen atoms in total. The first kappa shape index (κ1) is 13.0. The molecule has 16 heavy (non-hydrogen) atoms. The van der Waals surface area contributed by atoms with Crippen LogP contribution < -0.4 is 4.74 Å². The van der Waals surface area contributed by atoms with Crippen LogP contribution >= 0.6 is 15.9 Å². The first-order valence-electron chi connectivity index (χ1n) is 4.78. The summed E-state index contributed by atoms with van der Waals surface area (Å²) < 4.78 is 19.0. The predicted molar refractivity (Wildman–Crippen MR) is 61.2 cm³/mol. The normalized spacial score (nSPS) is 10.2. The van der Waals surface area contributed by atoms with Crippen LogP contribution in [0, 0.1) is 5.82 Å². The average Bonchev–Trinajstić information content (AvgIpc) is 2.16. The molecule has 1 rings (SSSR count). The number of carbonyl (C=O) groups is 1. The Morgan fingerprint density at radius 3 is 2.81 bits per heavy atom. The fraction of sp³-hybridized carbons (Fsp3) is 0.364. The van der Waals surface area contributed by atoms with Gasteiger partial charge in [-0.2, -0.15) is 0 Å². The number of carboxylic acid groups (broad SMARTS) is 1. The van der Waals surface area contributed by atoms with E-state index < -0.39 is 11.8 Å². The molecular formula is C11H12BrFO3. The molecule has 1 aromatic carbocycles. The van der Waals surface area contributed by atoms with Gasteiger partial charge in [-0.1, -0.05) is 15.9 Å². The summed E-state index contributed by atoms with van der Waals surface area (Å²) in [7, 11) is 1.40. The summed E-state index contributed by atoms with van der Waals surface area (Å²) in [6.45, 7) is 0. The Bertz CT molecular complexity index is 393. The van der Waals surface area contributed by atoms with Crippen molar-refractivity contribution in [1.82, 2.24) is 0 Å². The summed E-state index contributed by atoms with van der Waals surface area (Å²) in [5.41, 5.74) is 0.677. The third kappa shape index (κ3) is 3.48. The Hall–Kier alpha value is -1.10. The van der Waals surface area contributed by atoms with Crippen LogP contribution in [-0.4, -0.2) is 18.2 Å². The molecule has 88 valence electrons. The highest BCUT2D eigenvalue weighted by molar-refractivity contribution is 9.10. The van der Waals surface area contributed by atoms with Crippen LogP contribution in [0.2, 0.25) is 0 Å². The lowest BCUT2D eigenvalue weighted by molar-refractivity contribution is -0.137. The second-order valence-electron chi connectivity index (χ2n) is 3.33. The third-order valence-corrected chi connectivity index (χ3v) is 2.58. The van der Waals surface area contributed by atoms with Crippen molar-refractivity contribution in [3.05, 3.63) is 28.0 Å². The van der Waals surface area contributed by atoms with E-state index in [4.69, 9.17) is 9.84 Å². The van der Waals surface area contributed by atoms with Crippen molar-refractivity contribution in [2.45, 2.75) is 19.3 Å². The maximum atomic E-state index is 13.4. The van der Waals surface area contributed by atoms with E-state index in [1.807, 2.05) is 0 Å². The lowest BCUT2D eigenvalue weighted by Gasteiger charge is -2.09. The zero-order chi connectivity index (χ0) is 12.1. The Morgan fingerprint density at radius 1 is 1.56 bits per heavy atom. The summed E-state index contributed by atoms with van der Waals surface area (Å²) in [4.78, 5) is 10.4. The molecule has 0 unspecified atom stereocenters. The lowest BCUT2D eigenvalue weighted by atomic mass is 10.1. The molecule has 0 atom stereocenters. The highest BCUT2D eigenvalue weighted by atomic mass is 79.9. The smallest absolute Gasteiger partial charge is 0.303 e. The van der Waals surface area contributed by atoms with Gasteiger partial charge in [0.2, 0.25) is 0 Å². The molecule has 0 radical (unpaired) electrons. The zero-order valence-corrected chi connectivity index (χ0v) is 10.4. The van der Waals surface area contributed by atoms with Crippen LogP contribution in [0.1, 0.15) is 18.4 Å². The van der Waals surface area contributed by atoms with E-state index in [1.54, 1.807) is 6.07 Å². The van der Waals surface area contributed by atoms with Gasteiger partial charge in [0.05, 0.1) is 7.11 Å². The van der Waals surface area contributed by atoms with Crippen molar-refractivity contribution in [3.63, 3.8) is 0 Å². The van der Waals surface area contributed by atoms with Gasteiger partial charge in [0.15, 0.2) is 11.6 Å². The number of aryl methyl sites for hydroxylation is 1. The number of aliphatic carboxylic acids is 1. The predicted octanol–water partition coefficient (Wildman–Crippen LogP) is 3.00. The molecule has 0 bridgehead atoms. The molecule has 0 saturated heterocycles. The minimum absolute atomic E-state index is 0.0668. The van der Waals surface area contributed by atoms with Gasteiger partial charge >= 0.3 is 5.97 Å². The monoisotopic (exact) mass is 290 g/mol. The molecule has 0 amide bonds. The number of ether oxygens (including phenoxy) is 1. The number of carboxylic acids is 1. The molecule has 0 fully saturated rings. The summed E-state index contributed by atoms with van der Waals surface area (Å²) in [5, 5.41) is 8.51. The Balaban J connectivity index is 2.81. The van der Waals surface area contributed by atoms with Crippen LogP contribution in [0.3, 0.4) is 0 Å². The molecule has 0 aliphatic carbocycles. The van der Waals surface area contributed by atoms with Crippen molar-refractivity contribution in [2.75, 3.05) is 7.11 Å². The third-order valence-electron chi connectivity index (χ3n) is 2.13. The van der Waals surface area contributed by atoms with Crippen LogP contribution in [0.25, 0.3) is 0 Å². The van der Waals surface area contributed by atoms with Crippen molar-refractivity contribution in [2.24, 2.45) is 0 Å². The van der Waals surface area contributed by atoms with E-state index in [1.165, 1.54) is 13.2 Å². The highest BCUT2D eigenvalue weighted by Gasteiger charge is 2.11. The molecule has 1 N–H and O–H groups in total. The van der Waals surface area contributed by atoms with Crippen molar-refractivity contribution in [3.8, 4) is 5.75 Å². The average molecular weight is 291 g/mol. The van der Waals surface area contributed by atoms with E-state index in [2.05, 4.69) is 15.9 Å². The quantitative estimate of drug-likeness (QED) is 0.907. The standard InChI is InChI=1S/C11H12BrFO3/c1-16-11-7(3-2-4-10(14)15)5-8(12)6-9(11)13/h5-6H,2-4H2,1H3,(H,14,15). The second kappa shape index (κ2) is 5.84. The SMILES string of the molecule is COc1c(F)cc(Br)cc1CCCC(=O)O. The van der Waals surface area contributed by atoms with E-state index in [0.29, 0.717) is 22.9 Å². The Kier molecular flexibility index (Phi) is 4.73. The van der Waals surface area contributed by atoms with Gasteiger partial charge in [0.1, 0.15) is 0 Å². The molecule has 1 aromatic rings. The molecule has 0 aromatic heterocycles. The van der Waals surface area contributed by atoms with Crippen LogP contribution in [0.5, 0.6) is 5.75 Å². The van der Waals surface area contributed by atoms with Gasteiger partial charge in [-0.3, -0.25) is 4.79 Å². The number of halogens is 2. The van der Waals surface area contributed by atoms with Crippen molar-refractivity contribution >= 4 is 21.9 Å². The van der Waals surface area contributed by atoms with Crippen LogP contribution in [0.15, 0.2) is 16.6 Å². The molecule has 0 heterocycles. The van der Waals surface area contributed by atoms with E-state index in [0.717, 1.165) is 0 Å². The molecule has 0 saturated carbocycles. The second-order valence-corrected chi connectivity index (χ2v) is 4.24. The highest BCUT2D eigenvalue weighted by Crippen LogP contribution is 2.28. The first-order chi connectivity index (χ1) is 7.54. The largest absolute Gasteiger partial charge is 0.493 e. The number of hydrogen-bond donors (Lipinski definition) is 1. The number of methoxy groups -OCH3 is 1. The minimum atomic E-state index is -0.852. The number of rotatable bonds is 5. The van der Waals surface area contributed by atoms with E-state index in [9.17, 15) is 9.18 Å². The van der Waals surface area contributed by atoms with Gasteiger partial charge < -0.3 is 9.84 Å². The van der Waals surface area contributed by atoms with E-state index in [-0.39, 0.29) is 12.2 Å². The maximum absolute atomic E-state index is 13.4. The van der Waals surface area contributed by atoms with Crippen LogP contribution in [-0.2, 0) is 11.2 Å². The summed E-state index contributed by atoms with van der Waals surface area (Å²) in [6.07, 6.45) is 1.00. The summed E-state index contributed by atoms with van der Waals surface area (Å²) in [6, 6.07) is 3.06. The number of benzene rings is 1. The number of hydrogen-bond acceptors (Lipinski definition) is 2. The molecular weight excluding hydrogens is 279 g/mol. The van der Waals surface area contributed by atoms with Crippen molar-refractivity contribution < 1.29 is 19.0 Å². The molecule has 5 heteroatoms. The Labute approximate surface area is 101 Å². The lowest BCUT2D eigenvalue weighted by Crippen LogP contribution is -1.99. The van der Waals surface area contributed by atoms with Gasteiger partial charge in [0.25, 0.3) is 0 Å². The van der Waals surface area contributed by atoms with Gasteiger partial charge in [-0.25, -0.2) is 4.39 Å². The topological polar surface area (TPSA) is 46.5 Å². The molecule has 0 spiro atoms. The molecule has 0 aliphatic heterocycles. The first-order valence-corrected chi connectivity index (χ1v) is 5.57. The fourth-order valence-electron chi connectivity index (χ4n) is 1.46. The van der Waals surface area contributed by atoms with Crippen LogP contribution in [0.4, 0.5) is 4.39 Å². The minimum Gasteiger partial charge on any atom is -0.493 e. The summed E-state index contributed by atoms with van der Waals surface area (Å²) in [5.74, 6) is -1.11. The fourth-order valence-corrected chi connectivity index (χ4v) is 1.94. The Morgan fingerprint density at radius 2 is 2.25 bits per heavy atom.